The van der Waals surface area contributed by atoms with Crippen molar-refractivity contribution in [2.24, 2.45) is 0 Å². The first-order valence-corrected chi connectivity index (χ1v) is 13.8. The fourth-order valence-electron chi connectivity index (χ4n) is 3.51. The van der Waals surface area contributed by atoms with Crippen LogP contribution in [0.1, 0.15) is 43.9 Å². The van der Waals surface area contributed by atoms with Crippen molar-refractivity contribution in [2.75, 3.05) is 0 Å². The lowest BCUT2D eigenvalue weighted by atomic mass is 10.0. The van der Waals surface area contributed by atoms with Crippen LogP contribution in [0.25, 0.3) is 0 Å². The zero-order valence-electron chi connectivity index (χ0n) is 18.3. The van der Waals surface area contributed by atoms with Crippen LogP contribution in [0.3, 0.4) is 0 Å². The molecule has 172 valence electrons. The molecular weight excluding hydrogens is 604 g/mol. The van der Waals surface area contributed by atoms with Crippen LogP contribution < -0.4 is 0 Å². The molecule has 0 aliphatic heterocycles. The van der Waals surface area contributed by atoms with E-state index in [1.807, 2.05) is 72.8 Å². The van der Waals surface area contributed by atoms with Gasteiger partial charge in [-0.15, -0.1) is 0 Å². The molecule has 4 aromatic carbocycles. The van der Waals surface area contributed by atoms with Gasteiger partial charge in [-0.1, -0.05) is 80.4 Å². The molecule has 0 heterocycles. The molecule has 4 rings (SSSR count). The minimum Gasteiger partial charge on any atom is -0.245 e. The third kappa shape index (κ3) is 6.79. The molecule has 0 amide bonds. The van der Waals surface area contributed by atoms with Gasteiger partial charge in [0.1, 0.15) is 0 Å². The minimum atomic E-state index is -0.0862. The van der Waals surface area contributed by atoms with Crippen molar-refractivity contribution in [1.82, 2.24) is 0 Å². The standard InChI is InChI=1S/C28H18Br2N2OS2/c29-25-5-1-3-23(15-25)27(21-11-7-19(17-31)8-12-21)34-33-35-28(24-4-2-6-26(30)16-24)22-13-9-20(18-32)10-14-22/h1-16,27-28H. The Hall–Kier alpha value is -2.52. The lowest BCUT2D eigenvalue weighted by Gasteiger charge is -2.20. The van der Waals surface area contributed by atoms with Gasteiger partial charge in [0.25, 0.3) is 0 Å². The van der Waals surface area contributed by atoms with Gasteiger partial charge in [0.05, 0.1) is 33.8 Å². The van der Waals surface area contributed by atoms with Crippen LogP contribution >= 0.6 is 55.9 Å². The van der Waals surface area contributed by atoms with Crippen molar-refractivity contribution in [1.29, 1.82) is 10.5 Å². The number of nitriles is 2. The van der Waals surface area contributed by atoms with E-state index in [-0.39, 0.29) is 10.5 Å². The van der Waals surface area contributed by atoms with Gasteiger partial charge in [0.15, 0.2) is 0 Å². The van der Waals surface area contributed by atoms with Crippen LogP contribution in [-0.4, -0.2) is 0 Å². The molecule has 0 fully saturated rings. The summed E-state index contributed by atoms with van der Waals surface area (Å²) in [5.41, 5.74) is 5.52. The summed E-state index contributed by atoms with van der Waals surface area (Å²) in [4.78, 5) is 0. The molecule has 0 aromatic heterocycles. The number of rotatable bonds is 8. The number of benzene rings is 4. The normalized spacial score (nSPS) is 12.3. The van der Waals surface area contributed by atoms with Gasteiger partial charge in [-0.25, -0.2) is 3.63 Å². The second-order valence-corrected chi connectivity index (χ2v) is 11.3. The molecule has 3 nitrogen and oxygen atoms in total. The van der Waals surface area contributed by atoms with Crippen molar-refractivity contribution in [3.05, 3.63) is 139 Å². The summed E-state index contributed by atoms with van der Waals surface area (Å²) in [6.07, 6.45) is 0. The molecule has 0 spiro atoms. The Bertz CT molecular complexity index is 1270. The fraction of sp³-hybridized carbons (Fsp3) is 0.0714. The average molecular weight is 622 g/mol. The highest BCUT2D eigenvalue weighted by Gasteiger charge is 2.21. The fourth-order valence-corrected chi connectivity index (χ4v) is 6.21. The molecule has 2 unspecified atom stereocenters. The van der Waals surface area contributed by atoms with Crippen LogP contribution in [0.4, 0.5) is 0 Å². The summed E-state index contributed by atoms with van der Waals surface area (Å²) in [5, 5.41) is 18.2. The largest absolute Gasteiger partial charge is 0.245 e. The quantitative estimate of drug-likeness (QED) is 0.184. The highest BCUT2D eigenvalue weighted by atomic mass is 79.9. The summed E-state index contributed by atoms with van der Waals surface area (Å²) in [7, 11) is 0. The molecule has 0 radical (unpaired) electrons. The number of hydrogen-bond donors (Lipinski definition) is 0. The molecule has 0 N–H and O–H groups in total. The second kappa shape index (κ2) is 12.4. The van der Waals surface area contributed by atoms with Crippen LogP contribution in [0.15, 0.2) is 106 Å². The molecule has 0 bridgehead atoms. The van der Waals surface area contributed by atoms with E-state index in [2.05, 4.69) is 68.3 Å². The summed E-state index contributed by atoms with van der Waals surface area (Å²) in [6, 6.07) is 35.8. The summed E-state index contributed by atoms with van der Waals surface area (Å²) >= 11 is 9.89. The lowest BCUT2D eigenvalue weighted by molar-refractivity contribution is 0.739. The number of hydrogen-bond acceptors (Lipinski definition) is 5. The highest BCUT2D eigenvalue weighted by molar-refractivity contribution is 9.10. The Morgan fingerprint density at radius 3 is 1.31 bits per heavy atom. The first-order chi connectivity index (χ1) is 17.1. The molecule has 0 aliphatic carbocycles. The van der Waals surface area contributed by atoms with E-state index in [4.69, 9.17) is 3.63 Å². The molecule has 35 heavy (non-hydrogen) atoms. The Kier molecular flexibility index (Phi) is 9.09. The van der Waals surface area contributed by atoms with Crippen molar-refractivity contribution in [2.45, 2.75) is 10.5 Å². The van der Waals surface area contributed by atoms with Gasteiger partial charge in [-0.2, -0.15) is 10.5 Å². The first-order valence-electron chi connectivity index (χ1n) is 10.6. The molecule has 7 heteroatoms. The van der Waals surface area contributed by atoms with Crippen molar-refractivity contribution in [3.63, 3.8) is 0 Å². The Labute approximate surface area is 230 Å². The Morgan fingerprint density at radius 2 is 0.971 bits per heavy atom. The predicted molar refractivity (Wildman–Crippen MR) is 151 cm³/mol. The van der Waals surface area contributed by atoms with Gasteiger partial charge >= 0.3 is 0 Å². The number of nitrogens with zero attached hydrogens (tertiary/aromatic N) is 2. The van der Waals surface area contributed by atoms with E-state index in [9.17, 15) is 10.5 Å². The van der Waals surface area contributed by atoms with Gasteiger partial charge < -0.3 is 0 Å². The highest BCUT2D eigenvalue weighted by Crippen LogP contribution is 2.45. The zero-order valence-corrected chi connectivity index (χ0v) is 23.1. The molecule has 4 aromatic rings. The van der Waals surface area contributed by atoms with E-state index < -0.39 is 0 Å². The third-order valence-corrected chi connectivity index (χ3v) is 8.35. The molecule has 0 saturated heterocycles. The van der Waals surface area contributed by atoms with Crippen LogP contribution in [0, 0.1) is 22.7 Å². The average Bonchev–Trinajstić information content (AvgIpc) is 2.89. The lowest BCUT2D eigenvalue weighted by Crippen LogP contribution is -2.00. The topological polar surface area (TPSA) is 56.8 Å². The summed E-state index contributed by atoms with van der Waals surface area (Å²) in [6.45, 7) is 0. The SMILES string of the molecule is N#Cc1ccc(C(SOSC(c2ccc(C#N)cc2)c2cccc(Br)c2)c2cccc(Br)c2)cc1. The smallest absolute Gasteiger partial charge is 0.0991 e. The van der Waals surface area contributed by atoms with Gasteiger partial charge in [0, 0.05) is 33.0 Å². The molecule has 0 saturated carbocycles. The Morgan fingerprint density at radius 1 is 0.571 bits per heavy atom. The van der Waals surface area contributed by atoms with Crippen LogP contribution in [0.2, 0.25) is 0 Å². The minimum absolute atomic E-state index is 0.0862. The molecule has 2 atom stereocenters. The van der Waals surface area contributed by atoms with Crippen molar-refractivity contribution >= 4 is 55.9 Å². The molecule has 0 aliphatic rings. The van der Waals surface area contributed by atoms with Crippen molar-refractivity contribution < 1.29 is 3.63 Å². The van der Waals surface area contributed by atoms with E-state index in [0.717, 1.165) is 31.2 Å². The van der Waals surface area contributed by atoms with Gasteiger partial charge in [-0.05, 0) is 70.8 Å². The Balaban J connectivity index is 1.60. The number of halogens is 2. The molecular formula is C28H18Br2N2OS2. The third-order valence-electron chi connectivity index (χ3n) is 5.26. The van der Waals surface area contributed by atoms with E-state index in [0.29, 0.717) is 11.1 Å². The van der Waals surface area contributed by atoms with E-state index >= 15 is 0 Å². The monoisotopic (exact) mass is 620 g/mol. The predicted octanol–water partition coefficient (Wildman–Crippen LogP) is 9.15. The maximum Gasteiger partial charge on any atom is 0.0991 e. The van der Waals surface area contributed by atoms with Crippen molar-refractivity contribution in [3.8, 4) is 12.1 Å². The van der Waals surface area contributed by atoms with E-state index in [1.54, 1.807) is 0 Å². The summed E-state index contributed by atoms with van der Waals surface area (Å²) in [5.74, 6) is 0. The summed E-state index contributed by atoms with van der Waals surface area (Å²) < 4.78 is 8.23. The van der Waals surface area contributed by atoms with Gasteiger partial charge in [-0.3, -0.25) is 0 Å². The van der Waals surface area contributed by atoms with Gasteiger partial charge in [0.2, 0.25) is 0 Å². The van der Waals surface area contributed by atoms with Crippen LogP contribution in [-0.2, 0) is 3.63 Å². The zero-order chi connectivity index (χ0) is 24.6. The maximum atomic E-state index is 9.18. The van der Waals surface area contributed by atoms with Crippen LogP contribution in [0.5, 0.6) is 0 Å². The first kappa shape index (κ1) is 25.6. The van der Waals surface area contributed by atoms with E-state index in [1.165, 1.54) is 24.1 Å². The second-order valence-electron chi connectivity index (χ2n) is 7.60. The maximum absolute atomic E-state index is 9.18.